The van der Waals surface area contributed by atoms with Gasteiger partial charge in [0.1, 0.15) is 0 Å². The summed E-state index contributed by atoms with van der Waals surface area (Å²) in [7, 11) is 0. The molecule has 3 aliphatic rings. The highest BCUT2D eigenvalue weighted by Crippen LogP contribution is 2.35. The van der Waals surface area contributed by atoms with E-state index in [9.17, 15) is 0 Å². The zero-order chi connectivity index (χ0) is 8.02. The van der Waals surface area contributed by atoms with Crippen molar-refractivity contribution in [1.82, 2.24) is 10.2 Å². The minimum Gasteiger partial charge on any atom is -0.378 e. The molecule has 3 saturated heterocycles. The molecule has 0 aromatic carbocycles. The first-order valence-corrected chi connectivity index (χ1v) is 4.96. The molecular formula is C9H16N2O. The number of nitrogens with zero attached hydrogens (tertiary/aromatic N) is 1. The zero-order valence-electron chi connectivity index (χ0n) is 7.38. The summed E-state index contributed by atoms with van der Waals surface area (Å²) in [6.45, 7) is 5.67. The van der Waals surface area contributed by atoms with Crippen molar-refractivity contribution >= 4 is 0 Å². The lowest BCUT2D eigenvalue weighted by atomic mass is 9.88. The average Bonchev–Trinajstić information content (AvgIpc) is 2.26. The van der Waals surface area contributed by atoms with Crippen molar-refractivity contribution in [3.63, 3.8) is 0 Å². The van der Waals surface area contributed by atoms with Gasteiger partial charge in [-0.05, 0) is 19.4 Å². The summed E-state index contributed by atoms with van der Waals surface area (Å²) >= 11 is 0. The van der Waals surface area contributed by atoms with E-state index in [2.05, 4.69) is 10.2 Å². The number of ether oxygens (including phenoxy) is 1. The third kappa shape index (κ3) is 0.817. The molecule has 0 saturated carbocycles. The highest BCUT2D eigenvalue weighted by atomic mass is 16.5. The fraction of sp³-hybridized carbons (Fsp3) is 1.00. The van der Waals surface area contributed by atoms with Gasteiger partial charge in [-0.2, -0.15) is 0 Å². The Balaban J connectivity index is 1.74. The summed E-state index contributed by atoms with van der Waals surface area (Å²) < 4.78 is 5.25. The van der Waals surface area contributed by atoms with Crippen LogP contribution in [0.25, 0.3) is 0 Å². The molecule has 3 fully saturated rings. The van der Waals surface area contributed by atoms with Crippen LogP contribution in [-0.2, 0) is 4.74 Å². The van der Waals surface area contributed by atoms with Gasteiger partial charge in [0.05, 0.1) is 19.3 Å². The van der Waals surface area contributed by atoms with E-state index in [0.29, 0.717) is 5.54 Å². The molecule has 3 aliphatic heterocycles. The lowest BCUT2D eigenvalue weighted by Crippen LogP contribution is -2.70. The highest BCUT2D eigenvalue weighted by Gasteiger charge is 2.49. The Morgan fingerprint density at radius 3 is 2.67 bits per heavy atom. The summed E-state index contributed by atoms with van der Waals surface area (Å²) in [6.07, 6.45) is 2.79. The van der Waals surface area contributed by atoms with Gasteiger partial charge in [-0.25, -0.2) is 0 Å². The Hall–Kier alpha value is -0.120. The summed E-state index contributed by atoms with van der Waals surface area (Å²) in [4.78, 5) is 2.69. The lowest BCUT2D eigenvalue weighted by molar-refractivity contribution is -0.101. The third-order valence-electron chi connectivity index (χ3n) is 3.62. The van der Waals surface area contributed by atoms with Gasteiger partial charge in [0.15, 0.2) is 0 Å². The molecule has 3 heteroatoms. The Kier molecular flexibility index (Phi) is 1.48. The second kappa shape index (κ2) is 2.44. The van der Waals surface area contributed by atoms with Gasteiger partial charge in [-0.15, -0.1) is 0 Å². The van der Waals surface area contributed by atoms with E-state index in [-0.39, 0.29) is 0 Å². The number of rotatable bonds is 1. The maximum Gasteiger partial charge on any atom is 0.0645 e. The van der Waals surface area contributed by atoms with E-state index in [0.717, 1.165) is 19.3 Å². The van der Waals surface area contributed by atoms with Crippen LogP contribution in [0.2, 0.25) is 0 Å². The van der Waals surface area contributed by atoms with E-state index >= 15 is 0 Å². The molecule has 3 rings (SSSR count). The van der Waals surface area contributed by atoms with Crippen LogP contribution >= 0.6 is 0 Å². The van der Waals surface area contributed by atoms with Crippen molar-refractivity contribution in [2.45, 2.75) is 24.4 Å². The van der Waals surface area contributed by atoms with Crippen LogP contribution in [0, 0.1) is 0 Å². The first-order chi connectivity index (χ1) is 5.91. The second-order valence-electron chi connectivity index (χ2n) is 4.32. The zero-order valence-corrected chi connectivity index (χ0v) is 7.38. The molecule has 68 valence electrons. The largest absolute Gasteiger partial charge is 0.378 e. The highest BCUT2D eigenvalue weighted by molar-refractivity contribution is 5.08. The van der Waals surface area contributed by atoms with Crippen LogP contribution in [-0.4, -0.2) is 49.3 Å². The van der Waals surface area contributed by atoms with Crippen LogP contribution in [0.3, 0.4) is 0 Å². The lowest BCUT2D eigenvalue weighted by Gasteiger charge is -2.51. The van der Waals surface area contributed by atoms with Gasteiger partial charge in [0.25, 0.3) is 0 Å². The molecule has 0 atom stereocenters. The van der Waals surface area contributed by atoms with Crippen molar-refractivity contribution < 1.29 is 4.74 Å². The average molecular weight is 168 g/mol. The van der Waals surface area contributed by atoms with Gasteiger partial charge < -0.3 is 10.1 Å². The molecule has 1 N–H and O–H groups in total. The molecule has 0 radical (unpaired) electrons. The van der Waals surface area contributed by atoms with Crippen LogP contribution in [0.1, 0.15) is 12.8 Å². The number of nitrogens with one attached hydrogen (secondary N) is 1. The summed E-state index contributed by atoms with van der Waals surface area (Å²) in [5.74, 6) is 0. The van der Waals surface area contributed by atoms with E-state index < -0.39 is 0 Å². The summed E-state index contributed by atoms with van der Waals surface area (Å²) in [6, 6.07) is 0.745. The van der Waals surface area contributed by atoms with E-state index in [4.69, 9.17) is 4.74 Å². The topological polar surface area (TPSA) is 24.5 Å². The SMILES string of the molecule is C1CN(C2COC2)C2(C1)CNC2. The predicted octanol–water partition coefficient (Wildman–Crippen LogP) is -0.177. The molecular weight excluding hydrogens is 152 g/mol. The molecule has 0 aliphatic carbocycles. The fourth-order valence-electron chi connectivity index (χ4n) is 2.73. The van der Waals surface area contributed by atoms with Gasteiger partial charge in [0, 0.05) is 18.6 Å². The Bertz CT molecular complexity index is 187. The molecule has 0 aromatic rings. The minimum atomic E-state index is 0.550. The molecule has 0 amide bonds. The van der Waals surface area contributed by atoms with E-state index in [1.54, 1.807) is 0 Å². The van der Waals surface area contributed by atoms with Crippen molar-refractivity contribution in [1.29, 1.82) is 0 Å². The van der Waals surface area contributed by atoms with Crippen molar-refractivity contribution in [2.24, 2.45) is 0 Å². The van der Waals surface area contributed by atoms with Gasteiger partial charge in [0.2, 0.25) is 0 Å². The monoisotopic (exact) mass is 168 g/mol. The smallest absolute Gasteiger partial charge is 0.0645 e. The van der Waals surface area contributed by atoms with Crippen LogP contribution in [0.15, 0.2) is 0 Å². The van der Waals surface area contributed by atoms with Crippen molar-refractivity contribution in [3.8, 4) is 0 Å². The fourth-order valence-corrected chi connectivity index (χ4v) is 2.73. The molecule has 0 aromatic heterocycles. The van der Waals surface area contributed by atoms with Gasteiger partial charge in [-0.1, -0.05) is 0 Å². The molecule has 3 nitrogen and oxygen atoms in total. The number of hydrogen-bond acceptors (Lipinski definition) is 3. The molecule has 3 heterocycles. The Morgan fingerprint density at radius 2 is 2.17 bits per heavy atom. The summed E-state index contributed by atoms with van der Waals surface area (Å²) in [5, 5.41) is 3.39. The van der Waals surface area contributed by atoms with Gasteiger partial charge in [-0.3, -0.25) is 4.90 Å². The maximum absolute atomic E-state index is 5.25. The maximum atomic E-state index is 5.25. The molecule has 12 heavy (non-hydrogen) atoms. The van der Waals surface area contributed by atoms with Crippen molar-refractivity contribution in [3.05, 3.63) is 0 Å². The molecule has 1 spiro atoms. The summed E-state index contributed by atoms with van der Waals surface area (Å²) in [5.41, 5.74) is 0.550. The normalized spacial score (nSPS) is 35.0. The van der Waals surface area contributed by atoms with Crippen LogP contribution in [0.4, 0.5) is 0 Å². The standard InChI is InChI=1S/C9H16N2O/c1-2-9(6-10-7-9)11(3-1)8-4-12-5-8/h8,10H,1-7H2. The third-order valence-corrected chi connectivity index (χ3v) is 3.62. The van der Waals surface area contributed by atoms with Crippen LogP contribution < -0.4 is 5.32 Å². The first kappa shape index (κ1) is 7.30. The van der Waals surface area contributed by atoms with Crippen molar-refractivity contribution in [2.75, 3.05) is 32.8 Å². The second-order valence-corrected chi connectivity index (χ2v) is 4.32. The minimum absolute atomic E-state index is 0.550. The number of likely N-dealkylation sites (tertiary alicyclic amines) is 1. The Morgan fingerprint density at radius 1 is 1.33 bits per heavy atom. The number of hydrogen-bond donors (Lipinski definition) is 1. The quantitative estimate of drug-likeness (QED) is 0.588. The van der Waals surface area contributed by atoms with E-state index in [1.807, 2.05) is 0 Å². The molecule has 0 bridgehead atoms. The predicted molar refractivity (Wildman–Crippen MR) is 46.1 cm³/mol. The van der Waals surface area contributed by atoms with Crippen LogP contribution in [0.5, 0.6) is 0 Å². The Labute approximate surface area is 73.1 Å². The van der Waals surface area contributed by atoms with E-state index in [1.165, 1.54) is 32.5 Å². The van der Waals surface area contributed by atoms with Gasteiger partial charge >= 0.3 is 0 Å². The first-order valence-electron chi connectivity index (χ1n) is 4.96. The molecule has 0 unspecified atom stereocenters.